The first-order valence-electron chi connectivity index (χ1n) is 9.34. The van der Waals surface area contributed by atoms with Gasteiger partial charge in [-0.25, -0.2) is 0 Å². The molecule has 2 fully saturated rings. The Morgan fingerprint density at radius 1 is 1.19 bits per heavy atom. The number of hydrazine groups is 1. The van der Waals surface area contributed by atoms with Crippen molar-refractivity contribution in [2.45, 2.75) is 25.8 Å². The SMILES string of the molecule is CCCC1NNCC1C(=O)N1CCN(C(=O)c2cccc(OC)c2)CC1. The molecule has 2 atom stereocenters. The fourth-order valence-electron chi connectivity index (χ4n) is 3.69. The van der Waals surface area contributed by atoms with Crippen LogP contribution < -0.4 is 15.6 Å². The van der Waals surface area contributed by atoms with Gasteiger partial charge in [0, 0.05) is 44.3 Å². The lowest BCUT2D eigenvalue weighted by molar-refractivity contribution is -0.137. The Morgan fingerprint density at radius 2 is 1.92 bits per heavy atom. The number of nitrogens with one attached hydrogen (secondary N) is 2. The molecule has 0 spiro atoms. The maximum absolute atomic E-state index is 12.8. The molecule has 2 aliphatic heterocycles. The summed E-state index contributed by atoms with van der Waals surface area (Å²) >= 11 is 0. The van der Waals surface area contributed by atoms with Crippen molar-refractivity contribution in [3.63, 3.8) is 0 Å². The molecular weight excluding hydrogens is 332 g/mol. The van der Waals surface area contributed by atoms with Crippen molar-refractivity contribution in [2.75, 3.05) is 39.8 Å². The lowest BCUT2D eigenvalue weighted by atomic mass is 9.96. The van der Waals surface area contributed by atoms with Crippen LogP contribution >= 0.6 is 0 Å². The van der Waals surface area contributed by atoms with Gasteiger partial charge in [-0.3, -0.25) is 20.4 Å². The van der Waals surface area contributed by atoms with Crippen molar-refractivity contribution in [2.24, 2.45) is 5.92 Å². The zero-order valence-corrected chi connectivity index (χ0v) is 15.5. The van der Waals surface area contributed by atoms with Gasteiger partial charge in [-0.2, -0.15) is 0 Å². The molecule has 3 rings (SSSR count). The van der Waals surface area contributed by atoms with Crippen LogP contribution in [0.5, 0.6) is 5.75 Å². The Kier molecular flexibility index (Phi) is 6.11. The summed E-state index contributed by atoms with van der Waals surface area (Å²) < 4.78 is 5.19. The first kappa shape index (κ1) is 18.7. The van der Waals surface area contributed by atoms with Crippen molar-refractivity contribution in [3.8, 4) is 5.75 Å². The fraction of sp³-hybridized carbons (Fsp3) is 0.579. The van der Waals surface area contributed by atoms with Crippen LogP contribution in [0.25, 0.3) is 0 Å². The summed E-state index contributed by atoms with van der Waals surface area (Å²) in [5.74, 6) is 0.835. The Bertz CT molecular complexity index is 643. The number of ether oxygens (including phenoxy) is 1. The van der Waals surface area contributed by atoms with Gasteiger partial charge in [0.25, 0.3) is 5.91 Å². The maximum atomic E-state index is 12.8. The molecule has 7 nitrogen and oxygen atoms in total. The lowest BCUT2D eigenvalue weighted by Crippen LogP contribution is -2.53. The van der Waals surface area contributed by atoms with E-state index in [1.165, 1.54) is 0 Å². The van der Waals surface area contributed by atoms with Crippen LogP contribution in [0.3, 0.4) is 0 Å². The topological polar surface area (TPSA) is 73.9 Å². The smallest absolute Gasteiger partial charge is 0.254 e. The number of methoxy groups -OCH3 is 1. The highest BCUT2D eigenvalue weighted by atomic mass is 16.5. The van der Waals surface area contributed by atoms with Crippen molar-refractivity contribution in [1.82, 2.24) is 20.7 Å². The zero-order valence-electron chi connectivity index (χ0n) is 15.5. The number of piperazine rings is 1. The molecule has 2 unspecified atom stereocenters. The third kappa shape index (κ3) is 3.99. The molecule has 2 heterocycles. The Labute approximate surface area is 154 Å². The molecule has 7 heteroatoms. The molecule has 0 radical (unpaired) electrons. The Morgan fingerprint density at radius 3 is 2.62 bits per heavy atom. The fourth-order valence-corrected chi connectivity index (χ4v) is 3.69. The highest BCUT2D eigenvalue weighted by Gasteiger charge is 2.36. The van der Waals surface area contributed by atoms with E-state index in [1.807, 2.05) is 21.9 Å². The average molecular weight is 360 g/mol. The molecule has 142 valence electrons. The Balaban J connectivity index is 1.56. The van der Waals surface area contributed by atoms with E-state index in [1.54, 1.807) is 19.2 Å². The van der Waals surface area contributed by atoms with Crippen molar-refractivity contribution in [1.29, 1.82) is 0 Å². The van der Waals surface area contributed by atoms with Crippen molar-refractivity contribution in [3.05, 3.63) is 29.8 Å². The predicted octanol–water partition coefficient (Wildman–Crippen LogP) is 0.872. The van der Waals surface area contributed by atoms with Crippen LogP contribution in [0.15, 0.2) is 24.3 Å². The third-order valence-electron chi connectivity index (χ3n) is 5.21. The number of hydrogen-bond acceptors (Lipinski definition) is 5. The van der Waals surface area contributed by atoms with E-state index in [9.17, 15) is 9.59 Å². The van der Waals surface area contributed by atoms with Gasteiger partial charge in [0.15, 0.2) is 0 Å². The van der Waals surface area contributed by atoms with E-state index in [4.69, 9.17) is 4.74 Å². The van der Waals surface area contributed by atoms with Crippen LogP contribution in [0.4, 0.5) is 0 Å². The van der Waals surface area contributed by atoms with Gasteiger partial charge in [-0.15, -0.1) is 0 Å². The van der Waals surface area contributed by atoms with E-state index >= 15 is 0 Å². The van der Waals surface area contributed by atoms with Crippen LogP contribution in [0.2, 0.25) is 0 Å². The second-order valence-corrected chi connectivity index (χ2v) is 6.88. The molecule has 2 amide bonds. The number of amides is 2. The summed E-state index contributed by atoms with van der Waals surface area (Å²) in [4.78, 5) is 29.2. The normalized spacial score (nSPS) is 23.2. The number of nitrogens with zero attached hydrogens (tertiary/aromatic N) is 2. The minimum absolute atomic E-state index is 0.0101. The molecular formula is C19H28N4O3. The van der Waals surface area contributed by atoms with E-state index in [2.05, 4.69) is 17.8 Å². The minimum Gasteiger partial charge on any atom is -0.497 e. The number of carbonyl (C=O) groups excluding carboxylic acids is 2. The third-order valence-corrected chi connectivity index (χ3v) is 5.21. The van der Waals surface area contributed by atoms with Crippen molar-refractivity contribution >= 4 is 11.8 Å². The summed E-state index contributed by atoms with van der Waals surface area (Å²) in [6, 6.07) is 7.39. The number of benzene rings is 1. The summed E-state index contributed by atoms with van der Waals surface area (Å²) in [5, 5.41) is 0. The van der Waals surface area contributed by atoms with E-state index < -0.39 is 0 Å². The number of carbonyl (C=O) groups is 2. The molecule has 1 aromatic rings. The average Bonchev–Trinajstić information content (AvgIpc) is 3.15. The summed E-state index contributed by atoms with van der Waals surface area (Å²) in [7, 11) is 1.59. The highest BCUT2D eigenvalue weighted by Crippen LogP contribution is 2.19. The summed E-state index contributed by atoms with van der Waals surface area (Å²) in [5.41, 5.74) is 6.95. The van der Waals surface area contributed by atoms with Gasteiger partial charge in [-0.05, 0) is 24.6 Å². The molecule has 26 heavy (non-hydrogen) atoms. The van der Waals surface area contributed by atoms with Crippen molar-refractivity contribution < 1.29 is 14.3 Å². The molecule has 2 aliphatic rings. The second-order valence-electron chi connectivity index (χ2n) is 6.88. The molecule has 0 saturated carbocycles. The predicted molar refractivity (Wildman–Crippen MR) is 98.8 cm³/mol. The Hall–Kier alpha value is -2.12. The molecule has 0 aliphatic carbocycles. The summed E-state index contributed by atoms with van der Waals surface area (Å²) in [6.45, 7) is 5.10. The maximum Gasteiger partial charge on any atom is 0.254 e. The van der Waals surface area contributed by atoms with Crippen LogP contribution in [0, 0.1) is 5.92 Å². The van der Waals surface area contributed by atoms with Crippen LogP contribution in [0.1, 0.15) is 30.1 Å². The molecule has 0 bridgehead atoms. The van der Waals surface area contributed by atoms with Gasteiger partial charge in [0.2, 0.25) is 5.91 Å². The monoisotopic (exact) mass is 360 g/mol. The summed E-state index contributed by atoms with van der Waals surface area (Å²) in [6.07, 6.45) is 2.03. The quantitative estimate of drug-likeness (QED) is 0.815. The van der Waals surface area contributed by atoms with Gasteiger partial charge in [-0.1, -0.05) is 19.4 Å². The zero-order chi connectivity index (χ0) is 18.5. The number of hydrogen-bond donors (Lipinski definition) is 2. The largest absolute Gasteiger partial charge is 0.497 e. The molecule has 1 aromatic carbocycles. The standard InChI is InChI=1S/C19H28N4O3/c1-3-5-17-16(13-20-21-17)19(25)23-10-8-22(9-11-23)18(24)14-6-4-7-15(12-14)26-2/h4,6-7,12,16-17,20-21H,3,5,8-11,13H2,1-2H3. The lowest BCUT2D eigenvalue weighted by Gasteiger charge is -2.36. The molecule has 2 saturated heterocycles. The van der Waals surface area contributed by atoms with E-state index in [0.29, 0.717) is 44.0 Å². The van der Waals surface area contributed by atoms with Gasteiger partial charge in [0.05, 0.1) is 13.0 Å². The first-order chi connectivity index (χ1) is 12.6. The number of rotatable bonds is 5. The molecule has 0 aromatic heterocycles. The van der Waals surface area contributed by atoms with Gasteiger partial charge < -0.3 is 14.5 Å². The second kappa shape index (κ2) is 8.51. The van der Waals surface area contributed by atoms with Gasteiger partial charge in [0.1, 0.15) is 5.75 Å². The highest BCUT2D eigenvalue weighted by molar-refractivity contribution is 5.94. The van der Waals surface area contributed by atoms with Crippen LogP contribution in [-0.2, 0) is 4.79 Å². The van der Waals surface area contributed by atoms with Gasteiger partial charge >= 0.3 is 0 Å². The van der Waals surface area contributed by atoms with E-state index in [-0.39, 0.29) is 23.8 Å². The van der Waals surface area contributed by atoms with Crippen LogP contribution in [-0.4, -0.2) is 67.5 Å². The first-order valence-corrected chi connectivity index (χ1v) is 9.34. The minimum atomic E-state index is -0.0180. The molecule has 2 N–H and O–H groups in total. The van der Waals surface area contributed by atoms with E-state index in [0.717, 1.165) is 12.8 Å².